The second-order valence-electron chi connectivity index (χ2n) is 6.66. The predicted molar refractivity (Wildman–Crippen MR) is 104 cm³/mol. The van der Waals surface area contributed by atoms with E-state index in [1.54, 1.807) is 27.9 Å². The number of nitrogens with two attached hydrogens (primary N) is 1. The molecule has 2 N–H and O–H groups in total. The van der Waals surface area contributed by atoms with Crippen molar-refractivity contribution in [1.29, 1.82) is 5.26 Å². The summed E-state index contributed by atoms with van der Waals surface area (Å²) in [6.45, 7) is 0. The maximum Gasteiger partial charge on any atom is 0.229 e. The molecule has 8 nitrogen and oxygen atoms in total. The third kappa shape index (κ3) is 2.60. The zero-order chi connectivity index (χ0) is 20.0. The second kappa shape index (κ2) is 6.42. The maximum atomic E-state index is 9.83. The normalized spacial score (nSPS) is 15.7. The Kier molecular flexibility index (Phi) is 3.74. The van der Waals surface area contributed by atoms with Gasteiger partial charge in [0.25, 0.3) is 0 Å². The fraction of sp³-hybridized carbons (Fsp3) is 0.0952. The van der Waals surface area contributed by atoms with Crippen molar-refractivity contribution in [3.05, 3.63) is 83.7 Å². The van der Waals surface area contributed by atoms with Gasteiger partial charge in [-0.1, -0.05) is 18.2 Å². The zero-order valence-electron chi connectivity index (χ0n) is 15.5. The summed E-state index contributed by atoms with van der Waals surface area (Å²) in [5, 5.41) is 18.9. The summed E-state index contributed by atoms with van der Waals surface area (Å²) in [4.78, 5) is 0. The van der Waals surface area contributed by atoms with Crippen LogP contribution in [0.1, 0.15) is 17.0 Å². The number of para-hydroxylation sites is 1. The van der Waals surface area contributed by atoms with Crippen LogP contribution in [0.3, 0.4) is 0 Å². The molecule has 4 aromatic rings. The molecule has 29 heavy (non-hydrogen) atoms. The number of fused-ring (bicyclic) bond motifs is 1. The van der Waals surface area contributed by atoms with E-state index in [2.05, 4.69) is 11.2 Å². The molecule has 1 aliphatic rings. The molecule has 1 aliphatic heterocycles. The minimum atomic E-state index is -0.477. The highest BCUT2D eigenvalue weighted by Crippen LogP contribution is 2.47. The first-order chi connectivity index (χ1) is 14.2. The summed E-state index contributed by atoms with van der Waals surface area (Å²) >= 11 is 0. The molecule has 3 aromatic heterocycles. The minimum absolute atomic E-state index is 0.0527. The van der Waals surface area contributed by atoms with Gasteiger partial charge in [-0.05, 0) is 24.3 Å². The molecule has 8 heteroatoms. The van der Waals surface area contributed by atoms with E-state index in [0.29, 0.717) is 28.5 Å². The third-order valence-electron chi connectivity index (χ3n) is 4.86. The van der Waals surface area contributed by atoms with E-state index in [-0.39, 0.29) is 5.88 Å². The van der Waals surface area contributed by atoms with Gasteiger partial charge in [-0.2, -0.15) is 20.1 Å². The monoisotopic (exact) mass is 384 g/mol. The number of nitriles is 1. The number of allylic oxidation sites excluding steroid dienone is 1. The number of nitrogens with zero attached hydrogens (tertiary/aromatic N) is 5. The Labute approximate surface area is 166 Å². The van der Waals surface area contributed by atoms with Crippen LogP contribution in [-0.4, -0.2) is 19.6 Å². The van der Waals surface area contributed by atoms with Crippen LogP contribution in [0, 0.1) is 11.3 Å². The van der Waals surface area contributed by atoms with Crippen LogP contribution in [0.5, 0.6) is 5.88 Å². The van der Waals surface area contributed by atoms with Gasteiger partial charge in [0.2, 0.25) is 11.8 Å². The molecule has 1 unspecified atom stereocenters. The van der Waals surface area contributed by atoms with Gasteiger partial charge >= 0.3 is 0 Å². The molecule has 0 radical (unpaired) electrons. The predicted octanol–water partition coefficient (Wildman–Crippen LogP) is 3.08. The Morgan fingerprint density at radius 3 is 2.66 bits per heavy atom. The molecule has 5 rings (SSSR count). The number of aromatic nitrogens is 4. The van der Waals surface area contributed by atoms with Crippen LogP contribution in [0.2, 0.25) is 0 Å². The fourth-order valence-electron chi connectivity index (χ4n) is 3.60. The average molecular weight is 384 g/mol. The van der Waals surface area contributed by atoms with Crippen LogP contribution < -0.4 is 10.5 Å². The van der Waals surface area contributed by atoms with E-state index in [9.17, 15) is 5.26 Å². The molecule has 0 fully saturated rings. The second-order valence-corrected chi connectivity index (χ2v) is 6.66. The quantitative estimate of drug-likeness (QED) is 0.581. The molecule has 0 bridgehead atoms. The average Bonchev–Trinajstić information content (AvgIpc) is 3.47. The molecule has 1 atom stereocenters. The molecular formula is C21H16N6O2. The number of hydrogen-bond donors (Lipinski definition) is 1. The first-order valence-electron chi connectivity index (χ1n) is 8.95. The van der Waals surface area contributed by atoms with Crippen molar-refractivity contribution < 1.29 is 9.15 Å². The van der Waals surface area contributed by atoms with Crippen LogP contribution in [0.25, 0.3) is 17.1 Å². The smallest absolute Gasteiger partial charge is 0.229 e. The van der Waals surface area contributed by atoms with Crippen LogP contribution in [0.15, 0.2) is 77.0 Å². The maximum absolute atomic E-state index is 9.83. The van der Waals surface area contributed by atoms with Gasteiger partial charge in [0.1, 0.15) is 17.3 Å². The van der Waals surface area contributed by atoms with Crippen molar-refractivity contribution in [3.8, 4) is 29.1 Å². The first-order valence-corrected chi connectivity index (χ1v) is 8.95. The number of furan rings is 1. The third-order valence-corrected chi connectivity index (χ3v) is 4.86. The molecule has 0 saturated carbocycles. The molecule has 0 aliphatic carbocycles. The largest absolute Gasteiger partial charge is 0.463 e. The van der Waals surface area contributed by atoms with E-state index in [1.165, 1.54) is 0 Å². The Balaban J connectivity index is 1.83. The van der Waals surface area contributed by atoms with Gasteiger partial charge in [0.15, 0.2) is 5.76 Å². The molecule has 142 valence electrons. The molecule has 0 spiro atoms. The lowest BCUT2D eigenvalue weighted by molar-refractivity contribution is 0.367. The topological polar surface area (TPSA) is 108 Å². The summed E-state index contributed by atoms with van der Waals surface area (Å²) in [6, 6.07) is 15.4. The Morgan fingerprint density at radius 2 is 2.00 bits per heavy atom. The van der Waals surface area contributed by atoms with E-state index >= 15 is 0 Å². The Hall–Kier alpha value is -4.25. The van der Waals surface area contributed by atoms with Gasteiger partial charge in [0, 0.05) is 18.8 Å². The Bertz CT molecular complexity index is 1260. The number of hydrogen-bond acceptors (Lipinski definition) is 6. The van der Waals surface area contributed by atoms with Crippen molar-refractivity contribution in [2.75, 3.05) is 0 Å². The minimum Gasteiger partial charge on any atom is -0.463 e. The summed E-state index contributed by atoms with van der Waals surface area (Å²) < 4.78 is 14.9. The van der Waals surface area contributed by atoms with Crippen LogP contribution in [-0.2, 0) is 7.05 Å². The number of benzene rings is 1. The van der Waals surface area contributed by atoms with E-state index in [4.69, 9.17) is 20.0 Å². The van der Waals surface area contributed by atoms with Gasteiger partial charge in [0.05, 0.1) is 29.6 Å². The van der Waals surface area contributed by atoms with Crippen molar-refractivity contribution in [3.63, 3.8) is 0 Å². The molecule has 4 heterocycles. The lowest BCUT2D eigenvalue weighted by atomic mass is 9.85. The SMILES string of the molecule is Cn1cc(C2C(C#N)=C(N)Oc3c2c(-c2ccco2)nn3-c2ccccc2)cn1. The summed E-state index contributed by atoms with van der Waals surface area (Å²) in [5.74, 6) is 0.603. The fourth-order valence-corrected chi connectivity index (χ4v) is 3.60. The van der Waals surface area contributed by atoms with Gasteiger partial charge in [-0.15, -0.1) is 0 Å². The summed E-state index contributed by atoms with van der Waals surface area (Å²) in [7, 11) is 1.82. The highest BCUT2D eigenvalue weighted by Gasteiger charge is 2.38. The van der Waals surface area contributed by atoms with Gasteiger partial charge in [-0.3, -0.25) is 4.68 Å². The van der Waals surface area contributed by atoms with Crippen molar-refractivity contribution in [2.24, 2.45) is 12.8 Å². The summed E-state index contributed by atoms with van der Waals surface area (Å²) in [5.41, 5.74) is 9.39. The van der Waals surface area contributed by atoms with Crippen molar-refractivity contribution in [2.45, 2.75) is 5.92 Å². The van der Waals surface area contributed by atoms with Gasteiger partial charge < -0.3 is 14.9 Å². The van der Waals surface area contributed by atoms with E-state index < -0.39 is 5.92 Å². The van der Waals surface area contributed by atoms with Gasteiger partial charge in [-0.25, -0.2) is 0 Å². The standard InChI is InChI=1S/C21H16N6O2/c1-26-12-13(11-24-26)17-15(10-22)20(23)29-21-18(17)19(16-8-5-9-28-16)25-27(21)14-6-3-2-4-7-14/h2-9,11-12,17H,23H2,1H3. The molecule has 0 saturated heterocycles. The molecule has 0 amide bonds. The van der Waals surface area contributed by atoms with Crippen LogP contribution in [0.4, 0.5) is 0 Å². The first kappa shape index (κ1) is 16.9. The highest BCUT2D eigenvalue weighted by molar-refractivity contribution is 5.69. The molecule has 1 aromatic carbocycles. The summed E-state index contributed by atoms with van der Waals surface area (Å²) in [6.07, 6.45) is 5.16. The molecular weight excluding hydrogens is 368 g/mol. The number of aryl methyl sites for hydroxylation is 1. The lowest BCUT2D eigenvalue weighted by Gasteiger charge is -2.23. The van der Waals surface area contributed by atoms with Crippen molar-refractivity contribution in [1.82, 2.24) is 19.6 Å². The highest BCUT2D eigenvalue weighted by atomic mass is 16.5. The number of rotatable bonds is 3. The van der Waals surface area contributed by atoms with E-state index in [0.717, 1.165) is 11.3 Å². The van der Waals surface area contributed by atoms with E-state index in [1.807, 2.05) is 49.6 Å². The lowest BCUT2D eigenvalue weighted by Crippen LogP contribution is -2.21. The van der Waals surface area contributed by atoms with Crippen LogP contribution >= 0.6 is 0 Å². The zero-order valence-corrected chi connectivity index (χ0v) is 15.5. The number of ether oxygens (including phenoxy) is 1. The van der Waals surface area contributed by atoms with Crippen molar-refractivity contribution >= 4 is 0 Å². The Morgan fingerprint density at radius 1 is 1.17 bits per heavy atom.